The third kappa shape index (κ3) is 6.16. The SMILES string of the molecule is CSNC(=O)c1cc(C2CC2)c(OCC2(C)CCN(Cc3ccc(Cl)c(Cl)c3)CC2)cc1F. The number of amides is 1. The van der Waals surface area contributed by atoms with Gasteiger partial charge in [-0.25, -0.2) is 4.39 Å². The minimum Gasteiger partial charge on any atom is -0.493 e. The van der Waals surface area contributed by atoms with E-state index in [0.29, 0.717) is 28.3 Å². The molecule has 0 aromatic heterocycles. The van der Waals surface area contributed by atoms with Gasteiger partial charge in [0.2, 0.25) is 0 Å². The first-order valence-corrected chi connectivity index (χ1v) is 13.2. The first kappa shape index (κ1) is 24.6. The van der Waals surface area contributed by atoms with Crippen LogP contribution in [0.4, 0.5) is 4.39 Å². The fraction of sp³-hybridized carbons (Fsp3) is 0.480. The summed E-state index contributed by atoms with van der Waals surface area (Å²) in [6.45, 7) is 5.51. The average Bonchev–Trinajstić information content (AvgIpc) is 3.62. The van der Waals surface area contributed by atoms with Crippen LogP contribution >= 0.6 is 35.1 Å². The molecule has 1 heterocycles. The molecule has 1 aliphatic carbocycles. The quantitative estimate of drug-likeness (QED) is 0.401. The molecule has 2 fully saturated rings. The van der Waals surface area contributed by atoms with Crippen LogP contribution in [0.25, 0.3) is 0 Å². The second-order valence-corrected chi connectivity index (χ2v) is 10.8. The number of benzene rings is 2. The van der Waals surface area contributed by atoms with Gasteiger partial charge >= 0.3 is 0 Å². The third-order valence-corrected chi connectivity index (χ3v) is 7.71. The summed E-state index contributed by atoms with van der Waals surface area (Å²) in [6.07, 6.45) is 5.82. The number of likely N-dealkylation sites (tertiary alicyclic amines) is 1. The van der Waals surface area contributed by atoms with Gasteiger partial charge in [0.05, 0.1) is 22.2 Å². The van der Waals surface area contributed by atoms with Crippen molar-refractivity contribution < 1.29 is 13.9 Å². The monoisotopic (exact) mass is 510 g/mol. The zero-order chi connectivity index (χ0) is 23.6. The minimum atomic E-state index is -0.539. The molecule has 0 unspecified atom stereocenters. The van der Waals surface area contributed by atoms with Gasteiger partial charge < -0.3 is 4.74 Å². The van der Waals surface area contributed by atoms with Gasteiger partial charge in [-0.2, -0.15) is 0 Å². The Morgan fingerprint density at radius 1 is 1.21 bits per heavy atom. The molecule has 4 nitrogen and oxygen atoms in total. The van der Waals surface area contributed by atoms with Crippen LogP contribution in [0.2, 0.25) is 10.0 Å². The largest absolute Gasteiger partial charge is 0.493 e. The average molecular weight is 511 g/mol. The molecule has 2 aliphatic rings. The van der Waals surface area contributed by atoms with Crippen LogP contribution in [0.15, 0.2) is 30.3 Å². The predicted molar refractivity (Wildman–Crippen MR) is 134 cm³/mol. The molecule has 0 bridgehead atoms. The first-order valence-electron chi connectivity index (χ1n) is 11.2. The lowest BCUT2D eigenvalue weighted by atomic mass is 9.81. The number of rotatable bonds is 8. The normalized spacial score (nSPS) is 18.2. The van der Waals surface area contributed by atoms with E-state index in [1.54, 1.807) is 12.3 Å². The molecular formula is C25H29Cl2FN2O2S. The van der Waals surface area contributed by atoms with Gasteiger partial charge in [-0.1, -0.05) is 48.1 Å². The van der Waals surface area contributed by atoms with Crippen molar-refractivity contribution in [1.82, 2.24) is 9.62 Å². The van der Waals surface area contributed by atoms with E-state index >= 15 is 0 Å². The Balaban J connectivity index is 1.37. The van der Waals surface area contributed by atoms with Crippen LogP contribution in [-0.2, 0) is 6.54 Å². The highest BCUT2D eigenvalue weighted by molar-refractivity contribution is 7.97. The molecule has 8 heteroatoms. The van der Waals surface area contributed by atoms with Crippen LogP contribution < -0.4 is 9.46 Å². The summed E-state index contributed by atoms with van der Waals surface area (Å²) in [4.78, 5) is 14.6. The molecule has 1 amide bonds. The summed E-state index contributed by atoms with van der Waals surface area (Å²) in [5.74, 6) is -0.0187. The Kier molecular flexibility index (Phi) is 7.79. The second kappa shape index (κ2) is 10.4. The minimum absolute atomic E-state index is 0.0142. The van der Waals surface area contributed by atoms with E-state index in [0.717, 1.165) is 68.4 Å². The van der Waals surface area contributed by atoms with Gasteiger partial charge in [-0.05, 0) is 74.0 Å². The molecule has 0 spiro atoms. The van der Waals surface area contributed by atoms with Crippen molar-refractivity contribution in [3.8, 4) is 5.75 Å². The summed E-state index contributed by atoms with van der Waals surface area (Å²) in [6, 6.07) is 8.86. The molecule has 0 radical (unpaired) electrons. The van der Waals surface area contributed by atoms with Gasteiger partial charge in [0.1, 0.15) is 11.6 Å². The molecule has 2 aromatic carbocycles. The van der Waals surface area contributed by atoms with Crippen LogP contribution in [0.5, 0.6) is 5.75 Å². The van der Waals surface area contributed by atoms with Crippen molar-refractivity contribution in [3.05, 3.63) is 62.9 Å². The molecule has 4 rings (SSSR count). The van der Waals surface area contributed by atoms with Crippen molar-refractivity contribution in [2.75, 3.05) is 26.0 Å². The van der Waals surface area contributed by atoms with Crippen molar-refractivity contribution in [1.29, 1.82) is 0 Å². The van der Waals surface area contributed by atoms with Crippen molar-refractivity contribution in [2.45, 2.75) is 45.1 Å². The fourth-order valence-electron chi connectivity index (χ4n) is 4.28. The molecule has 0 atom stereocenters. The number of hydrogen-bond donors (Lipinski definition) is 1. The summed E-state index contributed by atoms with van der Waals surface area (Å²) in [5.41, 5.74) is 2.20. The smallest absolute Gasteiger partial charge is 0.264 e. The van der Waals surface area contributed by atoms with Crippen molar-refractivity contribution in [2.24, 2.45) is 5.41 Å². The zero-order valence-electron chi connectivity index (χ0n) is 18.9. The van der Waals surface area contributed by atoms with Crippen LogP contribution in [-0.4, -0.2) is 36.8 Å². The topological polar surface area (TPSA) is 41.6 Å². The lowest BCUT2D eigenvalue weighted by molar-refractivity contribution is 0.0651. The number of carbonyl (C=O) groups is 1. The van der Waals surface area contributed by atoms with E-state index in [1.165, 1.54) is 6.07 Å². The first-order chi connectivity index (χ1) is 15.8. The highest BCUT2D eigenvalue weighted by Gasteiger charge is 2.33. The summed E-state index contributed by atoms with van der Waals surface area (Å²) in [7, 11) is 0. The number of carbonyl (C=O) groups excluding carboxylic acids is 1. The lowest BCUT2D eigenvalue weighted by Crippen LogP contribution is -2.41. The molecule has 1 N–H and O–H groups in total. The number of piperidine rings is 1. The molecule has 1 saturated heterocycles. The molecule has 2 aromatic rings. The van der Waals surface area contributed by atoms with Gasteiger partial charge in [-0.15, -0.1) is 0 Å². The predicted octanol–water partition coefficient (Wildman–Crippen LogP) is 6.70. The maximum Gasteiger partial charge on any atom is 0.264 e. The van der Waals surface area contributed by atoms with Gasteiger partial charge in [0.15, 0.2) is 0 Å². The van der Waals surface area contributed by atoms with Crippen LogP contribution in [0, 0.1) is 11.2 Å². The van der Waals surface area contributed by atoms with E-state index in [2.05, 4.69) is 16.5 Å². The van der Waals surface area contributed by atoms with Gasteiger partial charge in [-0.3, -0.25) is 14.4 Å². The highest BCUT2D eigenvalue weighted by Crippen LogP contribution is 2.46. The van der Waals surface area contributed by atoms with Crippen LogP contribution in [0.3, 0.4) is 0 Å². The molecule has 1 saturated carbocycles. The summed E-state index contributed by atoms with van der Waals surface area (Å²) in [5, 5.41) is 1.16. The van der Waals surface area contributed by atoms with E-state index < -0.39 is 11.7 Å². The Hall–Kier alpha value is -1.47. The Morgan fingerprint density at radius 3 is 2.58 bits per heavy atom. The molecule has 1 aliphatic heterocycles. The van der Waals surface area contributed by atoms with Crippen molar-refractivity contribution in [3.63, 3.8) is 0 Å². The van der Waals surface area contributed by atoms with E-state index in [-0.39, 0.29) is 11.0 Å². The third-order valence-electron chi connectivity index (χ3n) is 6.59. The molecule has 178 valence electrons. The number of nitrogens with one attached hydrogen (secondary N) is 1. The maximum absolute atomic E-state index is 14.7. The maximum atomic E-state index is 14.7. The van der Waals surface area contributed by atoms with E-state index in [9.17, 15) is 9.18 Å². The number of nitrogens with zero attached hydrogens (tertiary/aromatic N) is 1. The van der Waals surface area contributed by atoms with Gasteiger partial charge in [0, 0.05) is 24.3 Å². The highest BCUT2D eigenvalue weighted by atomic mass is 35.5. The summed E-state index contributed by atoms with van der Waals surface area (Å²) >= 11 is 13.3. The van der Waals surface area contributed by atoms with E-state index in [4.69, 9.17) is 27.9 Å². The lowest BCUT2D eigenvalue weighted by Gasteiger charge is -2.39. The van der Waals surface area contributed by atoms with Crippen LogP contribution in [0.1, 0.15) is 60.0 Å². The van der Waals surface area contributed by atoms with Gasteiger partial charge in [0.25, 0.3) is 5.91 Å². The fourth-order valence-corrected chi connectivity index (χ4v) is 4.89. The Labute approximate surface area is 209 Å². The van der Waals surface area contributed by atoms with Crippen molar-refractivity contribution >= 4 is 41.1 Å². The second-order valence-electron chi connectivity index (χ2n) is 9.40. The van der Waals surface area contributed by atoms with E-state index in [1.807, 2.05) is 18.2 Å². The summed E-state index contributed by atoms with van der Waals surface area (Å²) < 4.78 is 23.5. The standard InChI is InChI=1S/C25H29Cl2FN2O2S/c1-25(7-9-30(10-8-25)14-16-3-6-20(26)21(27)11-16)15-32-23-13-22(28)19(24(31)29-33-2)12-18(23)17-4-5-17/h3,6,11-13,17H,4-5,7-10,14-15H2,1-2H3,(H,29,31). The molecular weight excluding hydrogens is 482 g/mol. The Bertz CT molecular complexity index is 1020. The number of halogens is 3. The Morgan fingerprint density at radius 2 is 1.94 bits per heavy atom. The number of hydrogen-bond acceptors (Lipinski definition) is 4. The zero-order valence-corrected chi connectivity index (χ0v) is 21.3. The molecule has 33 heavy (non-hydrogen) atoms. The number of ether oxygens (including phenoxy) is 1.